The van der Waals surface area contributed by atoms with E-state index in [1.807, 2.05) is 0 Å². The van der Waals surface area contributed by atoms with Crippen molar-refractivity contribution >= 4 is 17.8 Å². The van der Waals surface area contributed by atoms with E-state index in [0.717, 1.165) is 45.1 Å². The van der Waals surface area contributed by atoms with Crippen molar-refractivity contribution in [1.82, 2.24) is 10.6 Å². The molecule has 0 radical (unpaired) electrons. The Hall–Kier alpha value is -2.93. The summed E-state index contributed by atoms with van der Waals surface area (Å²) in [7, 11) is 0. The zero-order chi connectivity index (χ0) is 38.6. The number of amides is 1. The maximum Gasteiger partial charge on any atom is 0.320 e. The van der Waals surface area contributed by atoms with Gasteiger partial charge in [-0.1, -0.05) is 145 Å². The molecule has 0 fully saturated rings. The lowest BCUT2D eigenvalue weighted by atomic mass is 10.1. The molecule has 0 aliphatic rings. The minimum Gasteiger partial charge on any atom is -0.481 e. The first-order chi connectivity index (χ1) is 25.3. The highest BCUT2D eigenvalue weighted by molar-refractivity contribution is 5.75. The first-order valence-corrected chi connectivity index (χ1v) is 21.0. The van der Waals surface area contributed by atoms with Gasteiger partial charge in [0.1, 0.15) is 6.04 Å². The molecule has 0 bridgehead atoms. The summed E-state index contributed by atoms with van der Waals surface area (Å²) in [6.45, 7) is 7.45. The van der Waals surface area contributed by atoms with Crippen LogP contribution < -0.4 is 10.6 Å². The number of carbonyl (C=O) groups is 3. The van der Waals surface area contributed by atoms with E-state index in [1.165, 1.54) is 109 Å². The predicted octanol–water partition coefficient (Wildman–Crippen LogP) is 12.2. The number of carbonyl (C=O) groups excluding carboxylic acids is 1. The van der Waals surface area contributed by atoms with Crippen molar-refractivity contribution < 1.29 is 24.6 Å². The van der Waals surface area contributed by atoms with Gasteiger partial charge in [0.05, 0.1) is 0 Å². The normalized spacial score (nSPS) is 12.4. The molecule has 0 aromatic rings. The highest BCUT2D eigenvalue weighted by Crippen LogP contribution is 2.10. The molecule has 1 amide bonds. The van der Waals surface area contributed by atoms with Crippen molar-refractivity contribution in [3.63, 3.8) is 0 Å². The van der Waals surface area contributed by atoms with Crippen molar-refractivity contribution in [2.75, 3.05) is 13.1 Å². The molecule has 0 rings (SSSR count). The highest BCUT2D eigenvalue weighted by Gasteiger charge is 2.08. The van der Waals surface area contributed by atoms with Crippen LogP contribution in [-0.2, 0) is 14.4 Å². The number of allylic oxidation sites excluding steroid dienone is 10. The summed E-state index contributed by atoms with van der Waals surface area (Å²) in [5.74, 6) is -1.59. The Morgan fingerprint density at radius 2 is 0.885 bits per heavy atom. The van der Waals surface area contributed by atoms with E-state index in [4.69, 9.17) is 10.2 Å². The maximum absolute atomic E-state index is 11.5. The van der Waals surface area contributed by atoms with Gasteiger partial charge in [-0.25, -0.2) is 0 Å². The topological polar surface area (TPSA) is 116 Å². The fourth-order valence-electron chi connectivity index (χ4n) is 5.28. The summed E-state index contributed by atoms with van der Waals surface area (Å²) in [4.78, 5) is 32.5. The standard InChI is InChI=1S/C24H39NO3.C21H41NO2/c1-2-3-4-5-6-7-8-9-10-11-12-13-14-15-16-17-18-20-23(26)25-22-19-21-24(27)28;1-3-4-5-6-7-8-9-10-11-12-13-14-15-16-17-18-19-22-20(2)21(23)24/h6-7,9-10,12-13,15-16H,2-5,8,11,14,17-22H2,1H3,(H,25,26)(H,27,28);10-11,20,22H,3-9,12-19H2,1-2H3,(H,23,24)/b7-6-,10-9-,13-12-,16-15-;11-10-/t;20-/m.0/s1. The number of hydrogen-bond donors (Lipinski definition) is 4. The monoisotopic (exact) mass is 729 g/mol. The number of unbranched alkanes of at least 4 members (excludes halogenated alkanes) is 16. The van der Waals surface area contributed by atoms with Crippen LogP contribution in [0.25, 0.3) is 0 Å². The van der Waals surface area contributed by atoms with Gasteiger partial charge in [0.2, 0.25) is 5.91 Å². The van der Waals surface area contributed by atoms with Gasteiger partial charge in [0.25, 0.3) is 0 Å². The van der Waals surface area contributed by atoms with Gasteiger partial charge in [-0.2, -0.15) is 0 Å². The molecule has 0 aromatic heterocycles. The Morgan fingerprint density at radius 3 is 1.38 bits per heavy atom. The number of carboxylic acids is 2. The van der Waals surface area contributed by atoms with Crippen molar-refractivity contribution in [1.29, 1.82) is 0 Å². The van der Waals surface area contributed by atoms with E-state index in [0.29, 0.717) is 19.4 Å². The fraction of sp³-hybridized carbons (Fsp3) is 0.711. The van der Waals surface area contributed by atoms with Gasteiger partial charge >= 0.3 is 11.9 Å². The van der Waals surface area contributed by atoms with Crippen LogP contribution in [0.15, 0.2) is 60.8 Å². The van der Waals surface area contributed by atoms with Crippen molar-refractivity contribution in [2.24, 2.45) is 0 Å². The van der Waals surface area contributed by atoms with Gasteiger partial charge in [0, 0.05) is 19.4 Å². The summed E-state index contributed by atoms with van der Waals surface area (Å²) in [5.41, 5.74) is 0. The number of rotatable bonds is 36. The molecule has 0 heterocycles. The van der Waals surface area contributed by atoms with E-state index in [1.54, 1.807) is 6.92 Å². The molecule has 0 aliphatic heterocycles. The average molecular weight is 729 g/mol. The van der Waals surface area contributed by atoms with E-state index >= 15 is 0 Å². The second-order valence-corrected chi connectivity index (χ2v) is 13.8. The largest absolute Gasteiger partial charge is 0.481 e. The van der Waals surface area contributed by atoms with Crippen LogP contribution in [0, 0.1) is 0 Å². The first-order valence-electron chi connectivity index (χ1n) is 21.0. The second kappa shape index (κ2) is 44.2. The molecule has 0 saturated carbocycles. The average Bonchev–Trinajstić information content (AvgIpc) is 3.12. The van der Waals surface area contributed by atoms with Crippen LogP contribution >= 0.6 is 0 Å². The van der Waals surface area contributed by atoms with Crippen molar-refractivity contribution in [3.05, 3.63) is 60.8 Å². The third kappa shape index (κ3) is 47.1. The Labute approximate surface area is 320 Å². The summed E-state index contributed by atoms with van der Waals surface area (Å²) in [6.07, 6.45) is 51.3. The Balaban J connectivity index is 0. The lowest BCUT2D eigenvalue weighted by Gasteiger charge is -2.08. The Kier molecular flexibility index (Phi) is 43.5. The highest BCUT2D eigenvalue weighted by atomic mass is 16.4. The number of carboxylic acid groups (broad SMARTS) is 2. The smallest absolute Gasteiger partial charge is 0.320 e. The third-order valence-electron chi connectivity index (χ3n) is 8.63. The van der Waals surface area contributed by atoms with Crippen molar-refractivity contribution in [2.45, 2.75) is 194 Å². The van der Waals surface area contributed by atoms with Crippen LogP contribution in [0.1, 0.15) is 188 Å². The Bertz CT molecular complexity index is 953. The fourth-order valence-corrected chi connectivity index (χ4v) is 5.28. The summed E-state index contributed by atoms with van der Waals surface area (Å²) in [6, 6.07) is -0.423. The summed E-state index contributed by atoms with van der Waals surface area (Å²) < 4.78 is 0. The van der Waals surface area contributed by atoms with Crippen LogP contribution in [-0.4, -0.2) is 47.2 Å². The maximum atomic E-state index is 11.5. The molecule has 0 saturated heterocycles. The molecule has 300 valence electrons. The molecule has 7 heteroatoms. The van der Waals surface area contributed by atoms with Gasteiger partial charge in [-0.15, -0.1) is 0 Å². The number of nitrogens with one attached hydrogen (secondary N) is 2. The third-order valence-corrected chi connectivity index (χ3v) is 8.63. The minimum absolute atomic E-state index is 0.00118. The molecule has 4 N–H and O–H groups in total. The zero-order valence-corrected chi connectivity index (χ0v) is 33.8. The lowest BCUT2D eigenvalue weighted by molar-refractivity contribution is -0.139. The molecule has 0 aliphatic carbocycles. The molecule has 0 aromatic carbocycles. The van der Waals surface area contributed by atoms with E-state index < -0.39 is 18.0 Å². The first kappa shape index (κ1) is 51.2. The molecule has 0 spiro atoms. The van der Waals surface area contributed by atoms with Crippen LogP contribution in [0.2, 0.25) is 0 Å². The molecular weight excluding hydrogens is 649 g/mol. The number of hydrogen-bond acceptors (Lipinski definition) is 4. The van der Waals surface area contributed by atoms with E-state index in [-0.39, 0.29) is 12.3 Å². The molecular formula is C45H80N2O5. The van der Waals surface area contributed by atoms with Crippen LogP contribution in [0.3, 0.4) is 0 Å². The summed E-state index contributed by atoms with van der Waals surface area (Å²) >= 11 is 0. The molecule has 7 nitrogen and oxygen atoms in total. The molecule has 1 atom stereocenters. The van der Waals surface area contributed by atoms with Gasteiger partial charge in [-0.05, 0) is 96.9 Å². The van der Waals surface area contributed by atoms with E-state index in [9.17, 15) is 14.4 Å². The minimum atomic E-state index is -0.824. The molecule has 52 heavy (non-hydrogen) atoms. The van der Waals surface area contributed by atoms with Gasteiger partial charge < -0.3 is 20.8 Å². The predicted molar refractivity (Wildman–Crippen MR) is 223 cm³/mol. The van der Waals surface area contributed by atoms with Crippen molar-refractivity contribution in [3.8, 4) is 0 Å². The quantitative estimate of drug-likeness (QED) is 0.0377. The van der Waals surface area contributed by atoms with E-state index in [2.05, 4.69) is 85.2 Å². The van der Waals surface area contributed by atoms with Crippen LogP contribution in [0.5, 0.6) is 0 Å². The lowest BCUT2D eigenvalue weighted by Crippen LogP contribution is -2.34. The second-order valence-electron chi connectivity index (χ2n) is 13.8. The van der Waals surface area contributed by atoms with Gasteiger partial charge in [-0.3, -0.25) is 14.4 Å². The number of aliphatic carboxylic acids is 2. The Morgan fingerprint density at radius 1 is 0.481 bits per heavy atom. The SMILES string of the molecule is CCCCC/C=C\C/C=C\C/C=C\C/C=C\CCCC(=O)NCCCC(=O)O.CCCCCCCC/C=C\CCCCCCCCN[C@@H](C)C(=O)O. The van der Waals surface area contributed by atoms with Gasteiger partial charge in [0.15, 0.2) is 0 Å². The van der Waals surface area contributed by atoms with Crippen LogP contribution in [0.4, 0.5) is 0 Å². The zero-order valence-electron chi connectivity index (χ0n) is 33.8. The molecule has 0 unspecified atom stereocenters. The summed E-state index contributed by atoms with van der Waals surface area (Å²) in [5, 5.41) is 23.0.